The summed E-state index contributed by atoms with van der Waals surface area (Å²) in [5, 5.41) is -0.827. The van der Waals surface area contributed by atoms with Crippen LogP contribution in [-0.2, 0) is 26.1 Å². The van der Waals surface area contributed by atoms with E-state index in [0.29, 0.717) is 0 Å². The summed E-state index contributed by atoms with van der Waals surface area (Å²) >= 11 is 0. The largest absolute Gasteiger partial charge is 0.323 e. The van der Waals surface area contributed by atoms with Crippen LogP contribution in [0.15, 0.2) is 24.3 Å². The average Bonchev–Trinajstić information content (AvgIpc) is 2.43. The summed E-state index contributed by atoms with van der Waals surface area (Å²) in [5.74, 6) is -0.769. The zero-order chi connectivity index (χ0) is 16.3. The maximum absolute atomic E-state index is 12.2. The van der Waals surface area contributed by atoms with Gasteiger partial charge in [-0.2, -0.15) is 0 Å². The predicted molar refractivity (Wildman–Crippen MR) is 85.7 cm³/mol. The monoisotopic (exact) mass is 333 g/mol. The molecule has 0 aliphatic heterocycles. The summed E-state index contributed by atoms with van der Waals surface area (Å²) < 4.78 is 46.6. The van der Waals surface area contributed by atoms with Crippen LogP contribution >= 0.6 is 0 Å². The van der Waals surface area contributed by atoms with Gasteiger partial charge in [0.25, 0.3) is 0 Å². The predicted octanol–water partition coefficient (Wildman–Crippen LogP) is 1.10. The number of rotatable bonds is 7. The third kappa shape index (κ3) is 5.41. The first kappa shape index (κ1) is 18.1. The number of benzene rings is 1. The first-order chi connectivity index (χ1) is 9.57. The first-order valence-corrected chi connectivity index (χ1v) is 10.6. The molecule has 0 aliphatic carbocycles. The van der Waals surface area contributed by atoms with Crippen LogP contribution in [0.2, 0.25) is 0 Å². The maximum atomic E-state index is 12.2. The fourth-order valence-electron chi connectivity index (χ4n) is 1.92. The molecule has 0 saturated heterocycles. The molecule has 2 N–H and O–H groups in total. The van der Waals surface area contributed by atoms with Crippen LogP contribution in [-0.4, -0.2) is 39.8 Å². The number of hydrogen-bond acceptors (Lipinski definition) is 5. The second kappa shape index (κ2) is 6.89. The highest BCUT2D eigenvalue weighted by molar-refractivity contribution is 7.95. The zero-order valence-electron chi connectivity index (χ0n) is 12.6. The van der Waals surface area contributed by atoms with Crippen LogP contribution < -0.4 is 5.73 Å². The molecule has 21 heavy (non-hydrogen) atoms. The van der Waals surface area contributed by atoms with Crippen molar-refractivity contribution in [2.24, 2.45) is 5.73 Å². The Morgan fingerprint density at radius 1 is 1.05 bits per heavy atom. The Kier molecular flexibility index (Phi) is 5.95. The smallest absolute Gasteiger partial charge is 0.155 e. The second-order valence-corrected chi connectivity index (χ2v) is 10.1. The van der Waals surface area contributed by atoms with Crippen molar-refractivity contribution >= 4 is 19.7 Å². The lowest BCUT2D eigenvalue weighted by molar-refractivity contribution is 0.564. The third-order valence-corrected chi connectivity index (χ3v) is 6.99. The fraction of sp³-hybridized carbons (Fsp3) is 0.571. The Bertz CT molecular complexity index is 663. The zero-order valence-corrected chi connectivity index (χ0v) is 14.2. The number of sulfone groups is 2. The van der Waals surface area contributed by atoms with E-state index in [2.05, 4.69) is 0 Å². The van der Waals surface area contributed by atoms with Crippen LogP contribution in [0.3, 0.4) is 0 Å². The molecular formula is C14H23NO4S2. The molecule has 0 bridgehead atoms. The van der Waals surface area contributed by atoms with Crippen LogP contribution in [0, 0.1) is 0 Å². The third-order valence-electron chi connectivity index (χ3n) is 3.58. The van der Waals surface area contributed by atoms with Gasteiger partial charge in [0.15, 0.2) is 9.84 Å². The number of hydrogen-bond donors (Lipinski definition) is 1. The Labute approximate surface area is 127 Å². The molecule has 2 atom stereocenters. The van der Waals surface area contributed by atoms with Crippen LogP contribution in [0.25, 0.3) is 0 Å². The van der Waals surface area contributed by atoms with Gasteiger partial charge in [-0.05, 0) is 24.5 Å². The van der Waals surface area contributed by atoms with Crippen LogP contribution in [0.5, 0.6) is 0 Å². The molecule has 2 unspecified atom stereocenters. The Morgan fingerprint density at radius 2 is 1.57 bits per heavy atom. The van der Waals surface area contributed by atoms with E-state index in [0.717, 1.165) is 23.8 Å². The lowest BCUT2D eigenvalue weighted by Crippen LogP contribution is -2.34. The quantitative estimate of drug-likeness (QED) is 0.806. The summed E-state index contributed by atoms with van der Waals surface area (Å²) in [5.41, 5.74) is 7.92. The van der Waals surface area contributed by atoms with Crippen molar-refractivity contribution in [1.29, 1.82) is 0 Å². The van der Waals surface area contributed by atoms with E-state index in [-0.39, 0.29) is 5.75 Å². The van der Waals surface area contributed by atoms with Gasteiger partial charge in [-0.3, -0.25) is 0 Å². The molecule has 5 nitrogen and oxygen atoms in total. The minimum Gasteiger partial charge on any atom is -0.323 e. The normalized spacial score (nSPS) is 15.6. The lowest BCUT2D eigenvalue weighted by Gasteiger charge is -2.20. The van der Waals surface area contributed by atoms with Crippen molar-refractivity contribution < 1.29 is 16.8 Å². The van der Waals surface area contributed by atoms with Gasteiger partial charge in [0.2, 0.25) is 0 Å². The Balaban J connectivity index is 2.87. The van der Waals surface area contributed by atoms with Crippen molar-refractivity contribution in [3.8, 4) is 0 Å². The van der Waals surface area contributed by atoms with E-state index in [1.165, 1.54) is 6.92 Å². The maximum Gasteiger partial charge on any atom is 0.155 e. The van der Waals surface area contributed by atoms with Gasteiger partial charge in [-0.1, -0.05) is 31.2 Å². The van der Waals surface area contributed by atoms with Crippen molar-refractivity contribution in [1.82, 2.24) is 0 Å². The molecular weight excluding hydrogens is 310 g/mol. The van der Waals surface area contributed by atoms with E-state index >= 15 is 0 Å². The summed E-state index contributed by atoms with van der Waals surface area (Å²) in [4.78, 5) is 0. The topological polar surface area (TPSA) is 94.3 Å². The molecule has 0 amide bonds. The summed E-state index contributed by atoms with van der Waals surface area (Å²) in [6.45, 7) is 3.56. The number of nitrogens with two attached hydrogens (primary N) is 1. The SMILES string of the molecule is CCc1ccc(C(N)C(C)S(=O)(=O)CCS(C)(=O)=O)cc1. The van der Waals surface area contributed by atoms with Crippen LogP contribution in [0.4, 0.5) is 0 Å². The second-order valence-electron chi connectivity index (χ2n) is 5.32. The van der Waals surface area contributed by atoms with Gasteiger partial charge in [-0.15, -0.1) is 0 Å². The van der Waals surface area contributed by atoms with Gasteiger partial charge in [0.05, 0.1) is 16.8 Å². The van der Waals surface area contributed by atoms with Crippen LogP contribution in [0.1, 0.15) is 31.0 Å². The molecule has 7 heteroatoms. The van der Waals surface area contributed by atoms with E-state index in [9.17, 15) is 16.8 Å². The number of aryl methyl sites for hydroxylation is 1. The van der Waals surface area contributed by atoms with Crippen molar-refractivity contribution in [2.45, 2.75) is 31.6 Å². The summed E-state index contributed by atoms with van der Waals surface area (Å²) in [6.07, 6.45) is 1.92. The molecule has 1 aromatic rings. The van der Waals surface area contributed by atoms with Crippen molar-refractivity contribution in [3.05, 3.63) is 35.4 Å². The summed E-state index contributed by atoms with van der Waals surface area (Å²) in [6, 6.07) is 6.83. The van der Waals surface area contributed by atoms with Gasteiger partial charge >= 0.3 is 0 Å². The standard InChI is InChI=1S/C14H23NO4S2/c1-4-12-5-7-13(8-6-12)14(15)11(2)21(18,19)10-9-20(3,16)17/h5-8,11,14H,4,9-10,15H2,1-3H3. The highest BCUT2D eigenvalue weighted by atomic mass is 32.2. The minimum atomic E-state index is -3.56. The molecule has 1 rings (SSSR count). The molecule has 0 aliphatic rings. The van der Waals surface area contributed by atoms with Gasteiger partial charge in [-0.25, -0.2) is 16.8 Å². The Morgan fingerprint density at radius 3 is 2.00 bits per heavy atom. The van der Waals surface area contributed by atoms with E-state index < -0.39 is 36.7 Å². The highest BCUT2D eigenvalue weighted by Gasteiger charge is 2.28. The molecule has 0 fully saturated rings. The molecule has 0 aromatic heterocycles. The summed E-state index contributed by atoms with van der Waals surface area (Å²) in [7, 11) is -6.87. The minimum absolute atomic E-state index is 0.374. The van der Waals surface area contributed by atoms with Gasteiger partial charge < -0.3 is 5.73 Å². The highest BCUT2D eigenvalue weighted by Crippen LogP contribution is 2.21. The van der Waals surface area contributed by atoms with Gasteiger partial charge in [0, 0.05) is 12.3 Å². The average molecular weight is 333 g/mol. The first-order valence-electron chi connectivity index (χ1n) is 6.80. The molecule has 0 radical (unpaired) electrons. The molecule has 0 heterocycles. The van der Waals surface area contributed by atoms with Crippen molar-refractivity contribution in [2.75, 3.05) is 17.8 Å². The van der Waals surface area contributed by atoms with E-state index in [4.69, 9.17) is 5.73 Å². The molecule has 1 aromatic carbocycles. The van der Waals surface area contributed by atoms with Crippen molar-refractivity contribution in [3.63, 3.8) is 0 Å². The van der Waals surface area contributed by atoms with Gasteiger partial charge in [0.1, 0.15) is 9.84 Å². The fourth-order valence-corrected chi connectivity index (χ4v) is 5.04. The lowest BCUT2D eigenvalue weighted by atomic mass is 10.0. The van der Waals surface area contributed by atoms with E-state index in [1.54, 1.807) is 0 Å². The Hall–Kier alpha value is -0.920. The molecule has 120 valence electrons. The van der Waals surface area contributed by atoms with E-state index in [1.807, 2.05) is 31.2 Å². The molecule has 0 spiro atoms. The molecule has 0 saturated carbocycles.